The molecule has 21 heavy (non-hydrogen) atoms. The molecular formula is C15H14FN5. The lowest BCUT2D eigenvalue weighted by atomic mass is 10.1. The largest absolute Gasteiger partial charge is 0.396 e. The molecule has 0 aliphatic rings. The number of nitrogens with zero attached hydrogens (tertiary/aromatic N) is 3. The lowest BCUT2D eigenvalue weighted by Crippen LogP contribution is -1.99. The van der Waals surface area contributed by atoms with Gasteiger partial charge in [-0.25, -0.2) is 19.3 Å². The number of hydrogen-bond acceptors (Lipinski definition) is 5. The van der Waals surface area contributed by atoms with E-state index >= 15 is 0 Å². The first-order valence-electron chi connectivity index (χ1n) is 6.56. The Morgan fingerprint density at radius 3 is 2.67 bits per heavy atom. The zero-order chi connectivity index (χ0) is 15.0. The van der Waals surface area contributed by atoms with Gasteiger partial charge in [0.15, 0.2) is 0 Å². The van der Waals surface area contributed by atoms with Crippen LogP contribution >= 0.6 is 0 Å². The van der Waals surface area contributed by atoms with Crippen molar-refractivity contribution in [3.05, 3.63) is 41.8 Å². The minimum Gasteiger partial charge on any atom is -0.396 e. The molecule has 0 saturated carbocycles. The van der Waals surface area contributed by atoms with Gasteiger partial charge in [0.05, 0.1) is 23.1 Å². The summed E-state index contributed by atoms with van der Waals surface area (Å²) >= 11 is 0. The van der Waals surface area contributed by atoms with Gasteiger partial charge >= 0.3 is 0 Å². The average molecular weight is 283 g/mol. The number of hydrogen-bond donors (Lipinski definition) is 2. The van der Waals surface area contributed by atoms with Gasteiger partial charge < -0.3 is 11.5 Å². The number of anilines is 2. The van der Waals surface area contributed by atoms with Crippen LogP contribution in [0.2, 0.25) is 0 Å². The third-order valence-corrected chi connectivity index (χ3v) is 3.32. The molecule has 0 amide bonds. The molecule has 0 aliphatic carbocycles. The molecule has 2 aromatic heterocycles. The van der Waals surface area contributed by atoms with Crippen LogP contribution in [0.1, 0.15) is 12.5 Å². The summed E-state index contributed by atoms with van der Waals surface area (Å²) in [5, 5.41) is 0. The molecule has 106 valence electrons. The summed E-state index contributed by atoms with van der Waals surface area (Å²) in [4.78, 5) is 12.7. The fourth-order valence-corrected chi connectivity index (χ4v) is 2.21. The zero-order valence-electron chi connectivity index (χ0n) is 11.5. The molecule has 6 heteroatoms. The van der Waals surface area contributed by atoms with E-state index in [1.807, 2.05) is 13.0 Å². The van der Waals surface area contributed by atoms with E-state index in [2.05, 4.69) is 15.0 Å². The van der Waals surface area contributed by atoms with Crippen LogP contribution in [0.5, 0.6) is 0 Å². The van der Waals surface area contributed by atoms with Crippen LogP contribution in [0.15, 0.2) is 30.5 Å². The topological polar surface area (TPSA) is 90.7 Å². The molecule has 0 saturated heterocycles. The van der Waals surface area contributed by atoms with Crippen molar-refractivity contribution in [1.82, 2.24) is 15.0 Å². The summed E-state index contributed by atoms with van der Waals surface area (Å²) in [6, 6.07) is 6.53. The Bertz CT molecular complexity index is 832. The molecule has 0 fully saturated rings. The first-order valence-corrected chi connectivity index (χ1v) is 6.56. The van der Waals surface area contributed by atoms with Gasteiger partial charge in [0, 0.05) is 5.56 Å². The summed E-state index contributed by atoms with van der Waals surface area (Å²) in [5.74, 6) is -0.244. The van der Waals surface area contributed by atoms with E-state index in [-0.39, 0.29) is 11.6 Å². The Hall–Kier alpha value is -2.76. The van der Waals surface area contributed by atoms with Crippen molar-refractivity contribution in [2.24, 2.45) is 0 Å². The molecule has 0 spiro atoms. The van der Waals surface area contributed by atoms with Gasteiger partial charge in [-0.3, -0.25) is 0 Å². The molecule has 0 radical (unpaired) electrons. The highest BCUT2D eigenvalue weighted by Crippen LogP contribution is 2.26. The summed E-state index contributed by atoms with van der Waals surface area (Å²) in [5.41, 5.74) is 14.9. The second kappa shape index (κ2) is 4.97. The number of halogens is 1. The van der Waals surface area contributed by atoms with Crippen LogP contribution in [0, 0.1) is 5.82 Å². The van der Waals surface area contributed by atoms with Crippen LogP contribution < -0.4 is 11.5 Å². The number of nitrogens with two attached hydrogens (primary N) is 2. The molecule has 1 aromatic carbocycles. The highest BCUT2D eigenvalue weighted by Gasteiger charge is 2.10. The van der Waals surface area contributed by atoms with Crippen molar-refractivity contribution in [3.63, 3.8) is 0 Å². The molecule has 3 rings (SSSR count). The fourth-order valence-electron chi connectivity index (χ4n) is 2.21. The maximum Gasteiger partial charge on any atom is 0.220 e. The van der Waals surface area contributed by atoms with Crippen molar-refractivity contribution in [2.75, 3.05) is 11.5 Å². The number of fused-ring (bicyclic) bond motifs is 1. The number of aromatic nitrogens is 3. The fraction of sp³-hybridized carbons (Fsp3) is 0.133. The van der Waals surface area contributed by atoms with Gasteiger partial charge in [-0.05, 0) is 30.2 Å². The molecule has 0 atom stereocenters. The maximum absolute atomic E-state index is 13.6. The van der Waals surface area contributed by atoms with Crippen LogP contribution in [-0.4, -0.2) is 15.0 Å². The van der Waals surface area contributed by atoms with E-state index in [9.17, 15) is 4.39 Å². The minimum absolute atomic E-state index is 0.117. The Morgan fingerprint density at radius 2 is 1.95 bits per heavy atom. The van der Waals surface area contributed by atoms with E-state index in [1.54, 1.807) is 12.3 Å². The van der Waals surface area contributed by atoms with Crippen LogP contribution in [0.4, 0.5) is 16.0 Å². The highest BCUT2D eigenvalue weighted by molar-refractivity contribution is 5.82. The lowest BCUT2D eigenvalue weighted by molar-refractivity contribution is 0.633. The van der Waals surface area contributed by atoms with Gasteiger partial charge in [-0.2, -0.15) is 0 Å². The van der Waals surface area contributed by atoms with Gasteiger partial charge in [0.1, 0.15) is 11.3 Å². The highest BCUT2D eigenvalue weighted by atomic mass is 19.1. The molecule has 3 aromatic rings. The Balaban J connectivity index is 2.23. The van der Waals surface area contributed by atoms with Crippen molar-refractivity contribution < 1.29 is 4.39 Å². The number of aryl methyl sites for hydroxylation is 1. The van der Waals surface area contributed by atoms with Gasteiger partial charge in [0.2, 0.25) is 5.95 Å². The van der Waals surface area contributed by atoms with E-state index in [0.717, 1.165) is 17.5 Å². The summed E-state index contributed by atoms with van der Waals surface area (Å²) in [6.45, 7) is 2.01. The standard InChI is InChI=1S/C15H14FN5/c1-2-8-6-12(9-3-4-11(17)10(16)5-9)20-13-7-19-15(18)21-14(8)13/h3-7H,2,17H2,1H3,(H2,18,19,21). The Kier molecular flexibility index (Phi) is 3.13. The second-order valence-electron chi connectivity index (χ2n) is 4.72. The van der Waals surface area contributed by atoms with E-state index in [4.69, 9.17) is 11.5 Å². The minimum atomic E-state index is -0.457. The number of rotatable bonds is 2. The quantitative estimate of drug-likeness (QED) is 0.705. The average Bonchev–Trinajstić information content (AvgIpc) is 2.49. The number of pyridine rings is 1. The maximum atomic E-state index is 13.6. The molecule has 0 unspecified atom stereocenters. The summed E-state index contributed by atoms with van der Waals surface area (Å²) in [6.07, 6.45) is 2.34. The summed E-state index contributed by atoms with van der Waals surface area (Å²) < 4.78 is 13.6. The van der Waals surface area contributed by atoms with Crippen molar-refractivity contribution in [3.8, 4) is 11.3 Å². The molecule has 0 aliphatic heterocycles. The number of benzene rings is 1. The first-order chi connectivity index (χ1) is 10.1. The Labute approximate surface area is 120 Å². The summed E-state index contributed by atoms with van der Waals surface area (Å²) in [7, 11) is 0. The van der Waals surface area contributed by atoms with Crippen LogP contribution in [-0.2, 0) is 6.42 Å². The van der Waals surface area contributed by atoms with E-state index in [1.165, 1.54) is 12.1 Å². The predicted molar refractivity (Wildman–Crippen MR) is 80.9 cm³/mol. The third-order valence-electron chi connectivity index (χ3n) is 3.32. The normalized spacial score (nSPS) is 11.0. The second-order valence-corrected chi connectivity index (χ2v) is 4.72. The number of nitrogen functional groups attached to an aromatic ring is 2. The monoisotopic (exact) mass is 283 g/mol. The van der Waals surface area contributed by atoms with Gasteiger partial charge in [-0.1, -0.05) is 13.0 Å². The molecular weight excluding hydrogens is 269 g/mol. The molecule has 0 bridgehead atoms. The van der Waals surface area contributed by atoms with Crippen LogP contribution in [0.25, 0.3) is 22.3 Å². The predicted octanol–water partition coefficient (Wildman–Crippen LogP) is 2.56. The van der Waals surface area contributed by atoms with Crippen molar-refractivity contribution >= 4 is 22.7 Å². The molecule has 5 nitrogen and oxygen atoms in total. The zero-order valence-corrected chi connectivity index (χ0v) is 11.5. The van der Waals surface area contributed by atoms with Crippen molar-refractivity contribution in [1.29, 1.82) is 0 Å². The molecule has 2 heterocycles. The van der Waals surface area contributed by atoms with E-state index < -0.39 is 5.82 Å². The lowest BCUT2D eigenvalue weighted by Gasteiger charge is -2.08. The van der Waals surface area contributed by atoms with Crippen molar-refractivity contribution in [2.45, 2.75) is 13.3 Å². The molecule has 4 N–H and O–H groups in total. The van der Waals surface area contributed by atoms with Crippen LogP contribution in [0.3, 0.4) is 0 Å². The van der Waals surface area contributed by atoms with E-state index in [0.29, 0.717) is 16.8 Å². The third kappa shape index (κ3) is 2.35. The first kappa shape index (κ1) is 13.2. The Morgan fingerprint density at radius 1 is 1.14 bits per heavy atom. The van der Waals surface area contributed by atoms with Gasteiger partial charge in [0.25, 0.3) is 0 Å². The SMILES string of the molecule is CCc1cc(-c2ccc(N)c(F)c2)nc2cnc(N)nc12. The smallest absolute Gasteiger partial charge is 0.220 e. The van der Waals surface area contributed by atoms with Gasteiger partial charge in [-0.15, -0.1) is 0 Å².